The molecule has 2 rings (SSSR count). The number of furan rings is 1. The van der Waals surface area contributed by atoms with Crippen LogP contribution in [0.25, 0.3) is 0 Å². The molecule has 1 fully saturated rings. The summed E-state index contributed by atoms with van der Waals surface area (Å²) in [5.41, 5.74) is 0.917. The summed E-state index contributed by atoms with van der Waals surface area (Å²) in [4.78, 5) is 14.0. The maximum absolute atomic E-state index is 12.2. The fraction of sp³-hybridized carbons (Fsp3) is 0.583. The zero-order valence-electron chi connectivity index (χ0n) is 10.4. The molecule has 1 unspecified atom stereocenters. The lowest BCUT2D eigenvalue weighted by molar-refractivity contribution is 0.0709. The number of carbonyl (C=O) groups is 1. The molecule has 1 atom stereocenters. The van der Waals surface area contributed by atoms with Crippen LogP contribution in [0.15, 0.2) is 10.5 Å². The molecule has 0 spiro atoms. The molecular weight excluding hydrogens is 240 g/mol. The molecular formula is C12H19ClN2O2. The predicted octanol–water partition coefficient (Wildman–Crippen LogP) is 1.75. The third kappa shape index (κ3) is 2.82. The zero-order valence-corrected chi connectivity index (χ0v) is 11.3. The van der Waals surface area contributed by atoms with Crippen LogP contribution in [0.5, 0.6) is 0 Å². The minimum absolute atomic E-state index is 0. The van der Waals surface area contributed by atoms with Crippen LogP contribution in [0.3, 0.4) is 0 Å². The summed E-state index contributed by atoms with van der Waals surface area (Å²) in [7, 11) is 1.84. The van der Waals surface area contributed by atoms with E-state index in [0.717, 1.165) is 30.8 Å². The Labute approximate surface area is 108 Å². The maximum atomic E-state index is 12.2. The fourth-order valence-corrected chi connectivity index (χ4v) is 2.15. The summed E-state index contributed by atoms with van der Waals surface area (Å²) in [5.74, 6) is 1.25. The Bertz CT molecular complexity index is 397. The smallest absolute Gasteiger partial charge is 0.289 e. The fourth-order valence-electron chi connectivity index (χ4n) is 2.15. The van der Waals surface area contributed by atoms with Crippen LogP contribution in [0.1, 0.15) is 28.3 Å². The molecule has 5 heteroatoms. The molecule has 0 radical (unpaired) electrons. The lowest BCUT2D eigenvalue weighted by Gasteiger charge is -2.22. The third-order valence-electron chi connectivity index (χ3n) is 3.14. The number of hydrogen-bond acceptors (Lipinski definition) is 3. The van der Waals surface area contributed by atoms with Gasteiger partial charge in [-0.1, -0.05) is 0 Å². The van der Waals surface area contributed by atoms with E-state index in [1.54, 1.807) is 4.90 Å². The van der Waals surface area contributed by atoms with Gasteiger partial charge in [0.15, 0.2) is 5.76 Å². The van der Waals surface area contributed by atoms with Gasteiger partial charge < -0.3 is 14.6 Å². The van der Waals surface area contributed by atoms with Gasteiger partial charge in [-0.25, -0.2) is 0 Å². The Morgan fingerprint density at radius 3 is 2.71 bits per heavy atom. The number of carbonyl (C=O) groups excluding carboxylic acids is 1. The van der Waals surface area contributed by atoms with Crippen molar-refractivity contribution in [3.8, 4) is 0 Å². The largest absolute Gasteiger partial charge is 0.456 e. The monoisotopic (exact) mass is 258 g/mol. The first-order chi connectivity index (χ1) is 7.59. The summed E-state index contributed by atoms with van der Waals surface area (Å²) in [6, 6.07) is 2.19. The average molecular weight is 259 g/mol. The summed E-state index contributed by atoms with van der Waals surface area (Å²) < 4.78 is 5.45. The van der Waals surface area contributed by atoms with Crippen LogP contribution >= 0.6 is 12.4 Å². The second-order valence-electron chi connectivity index (χ2n) is 4.43. The molecule has 1 amide bonds. The van der Waals surface area contributed by atoms with Crippen LogP contribution in [-0.2, 0) is 0 Å². The van der Waals surface area contributed by atoms with Crippen molar-refractivity contribution in [2.24, 2.45) is 0 Å². The molecule has 0 bridgehead atoms. The van der Waals surface area contributed by atoms with E-state index in [2.05, 4.69) is 5.32 Å². The third-order valence-corrected chi connectivity index (χ3v) is 3.14. The highest BCUT2D eigenvalue weighted by molar-refractivity contribution is 5.93. The number of nitrogens with zero attached hydrogens (tertiary/aromatic N) is 1. The first-order valence-corrected chi connectivity index (χ1v) is 5.64. The van der Waals surface area contributed by atoms with Crippen molar-refractivity contribution in [3.63, 3.8) is 0 Å². The Balaban J connectivity index is 0.00000144. The Morgan fingerprint density at radius 1 is 1.53 bits per heavy atom. The molecule has 1 aliphatic heterocycles. The molecule has 4 nitrogen and oxygen atoms in total. The van der Waals surface area contributed by atoms with E-state index >= 15 is 0 Å². The summed E-state index contributed by atoms with van der Waals surface area (Å²) in [5, 5.41) is 3.25. The van der Waals surface area contributed by atoms with Crippen LogP contribution in [0.4, 0.5) is 0 Å². The van der Waals surface area contributed by atoms with Crippen LogP contribution in [0, 0.1) is 13.8 Å². The van der Waals surface area contributed by atoms with Crippen molar-refractivity contribution in [1.82, 2.24) is 10.2 Å². The van der Waals surface area contributed by atoms with Gasteiger partial charge in [-0.3, -0.25) is 4.79 Å². The number of halogens is 1. The number of aryl methyl sites for hydroxylation is 2. The van der Waals surface area contributed by atoms with E-state index < -0.39 is 0 Å². The van der Waals surface area contributed by atoms with E-state index in [9.17, 15) is 4.79 Å². The Kier molecular flexibility index (Phi) is 4.60. The molecule has 0 aliphatic carbocycles. The van der Waals surface area contributed by atoms with E-state index in [1.807, 2.05) is 27.0 Å². The van der Waals surface area contributed by atoms with Crippen molar-refractivity contribution < 1.29 is 9.21 Å². The SMILES string of the molecule is Cc1cc(C)c(C(=O)N(C)C2CCNC2)o1.Cl. The van der Waals surface area contributed by atoms with E-state index in [1.165, 1.54) is 0 Å². The quantitative estimate of drug-likeness (QED) is 0.879. The molecule has 0 saturated carbocycles. The average Bonchev–Trinajstić information content (AvgIpc) is 2.85. The lowest BCUT2D eigenvalue weighted by atomic mass is 10.2. The number of hydrogen-bond donors (Lipinski definition) is 1. The van der Waals surface area contributed by atoms with Crippen molar-refractivity contribution >= 4 is 18.3 Å². The second kappa shape index (κ2) is 5.56. The van der Waals surface area contributed by atoms with E-state index in [0.29, 0.717) is 5.76 Å². The topological polar surface area (TPSA) is 45.5 Å². The number of amides is 1. The van der Waals surface area contributed by atoms with Gasteiger partial charge in [0.1, 0.15) is 5.76 Å². The van der Waals surface area contributed by atoms with Gasteiger partial charge in [-0.2, -0.15) is 0 Å². The van der Waals surface area contributed by atoms with E-state index in [-0.39, 0.29) is 24.4 Å². The normalized spacial score (nSPS) is 18.9. The van der Waals surface area contributed by atoms with Crippen molar-refractivity contribution in [3.05, 3.63) is 23.2 Å². The standard InChI is InChI=1S/C12H18N2O2.ClH/c1-8-6-9(2)16-11(8)12(15)14(3)10-4-5-13-7-10;/h6,10,13H,4-5,7H2,1-3H3;1H. The lowest BCUT2D eigenvalue weighted by Crippen LogP contribution is -2.38. The van der Waals surface area contributed by atoms with E-state index in [4.69, 9.17) is 4.42 Å². The summed E-state index contributed by atoms with van der Waals surface area (Å²) in [6.45, 7) is 5.63. The number of likely N-dealkylation sites (N-methyl/N-ethyl adjacent to an activating group) is 1. The first kappa shape index (κ1) is 14.1. The van der Waals surface area contributed by atoms with Gasteiger partial charge in [0.05, 0.1) is 0 Å². The second-order valence-corrected chi connectivity index (χ2v) is 4.43. The highest BCUT2D eigenvalue weighted by Crippen LogP contribution is 2.17. The van der Waals surface area contributed by atoms with Crippen molar-refractivity contribution in [2.75, 3.05) is 20.1 Å². The van der Waals surface area contributed by atoms with Crippen LogP contribution < -0.4 is 5.32 Å². The van der Waals surface area contributed by atoms with Gasteiger partial charge in [-0.05, 0) is 32.9 Å². The van der Waals surface area contributed by atoms with Gasteiger partial charge in [-0.15, -0.1) is 12.4 Å². The van der Waals surface area contributed by atoms with Gasteiger partial charge >= 0.3 is 0 Å². The maximum Gasteiger partial charge on any atom is 0.289 e. The predicted molar refractivity (Wildman–Crippen MR) is 68.8 cm³/mol. The number of rotatable bonds is 2. The first-order valence-electron chi connectivity index (χ1n) is 5.64. The van der Waals surface area contributed by atoms with Gasteiger partial charge in [0, 0.05) is 25.2 Å². The molecule has 96 valence electrons. The molecule has 0 aromatic carbocycles. The number of nitrogens with one attached hydrogen (secondary N) is 1. The van der Waals surface area contributed by atoms with Gasteiger partial charge in [0.25, 0.3) is 5.91 Å². The molecule has 1 aromatic heterocycles. The molecule has 1 aromatic rings. The zero-order chi connectivity index (χ0) is 11.7. The minimum Gasteiger partial charge on any atom is -0.456 e. The van der Waals surface area contributed by atoms with Gasteiger partial charge in [0.2, 0.25) is 0 Å². The summed E-state index contributed by atoms with van der Waals surface area (Å²) in [6.07, 6.45) is 1.01. The van der Waals surface area contributed by atoms with Crippen molar-refractivity contribution in [1.29, 1.82) is 0 Å². The minimum atomic E-state index is -0.0145. The highest BCUT2D eigenvalue weighted by atomic mass is 35.5. The summed E-state index contributed by atoms with van der Waals surface area (Å²) >= 11 is 0. The molecule has 17 heavy (non-hydrogen) atoms. The van der Waals surface area contributed by atoms with Crippen molar-refractivity contribution in [2.45, 2.75) is 26.3 Å². The molecule has 1 saturated heterocycles. The molecule has 2 heterocycles. The van der Waals surface area contributed by atoms with Crippen LogP contribution in [-0.4, -0.2) is 37.0 Å². The molecule has 1 N–H and O–H groups in total. The Hall–Kier alpha value is -1.00. The highest BCUT2D eigenvalue weighted by Gasteiger charge is 2.26. The molecule has 1 aliphatic rings. The Morgan fingerprint density at radius 2 is 2.24 bits per heavy atom. The van der Waals surface area contributed by atoms with Crippen LogP contribution in [0.2, 0.25) is 0 Å².